The third-order valence-corrected chi connectivity index (χ3v) is 5.81. The van der Waals surface area contributed by atoms with Crippen LogP contribution in [0.3, 0.4) is 0 Å². The van der Waals surface area contributed by atoms with Gasteiger partial charge in [0.25, 0.3) is 0 Å². The van der Waals surface area contributed by atoms with Gasteiger partial charge >= 0.3 is 5.97 Å². The molecule has 1 aliphatic carbocycles. The topological polar surface area (TPSA) is 61.1 Å². The predicted octanol–water partition coefficient (Wildman–Crippen LogP) is 5.92. The monoisotopic (exact) mass is 361 g/mol. The van der Waals surface area contributed by atoms with Crippen LogP contribution in [0.1, 0.15) is 84.0 Å². The number of aryl methyl sites for hydroxylation is 1. The quantitative estimate of drug-likeness (QED) is 0.623. The zero-order chi connectivity index (χ0) is 19.2. The molecule has 0 spiro atoms. The van der Waals surface area contributed by atoms with E-state index in [4.69, 9.17) is 5.26 Å². The van der Waals surface area contributed by atoms with Crippen molar-refractivity contribution in [3.63, 3.8) is 0 Å². The highest BCUT2D eigenvalue weighted by Crippen LogP contribution is 2.43. The summed E-state index contributed by atoms with van der Waals surface area (Å²) in [6, 6.07) is 15.7. The maximum atomic E-state index is 11.3. The van der Waals surface area contributed by atoms with Crippen molar-refractivity contribution in [1.29, 1.82) is 5.26 Å². The molecule has 3 nitrogen and oxygen atoms in total. The maximum Gasteiger partial charge on any atom is 0.335 e. The summed E-state index contributed by atoms with van der Waals surface area (Å²) in [5.41, 5.74) is 4.70. The molecule has 0 fully saturated rings. The molecule has 2 unspecified atom stereocenters. The molecule has 2 aromatic rings. The van der Waals surface area contributed by atoms with Gasteiger partial charge in [-0.3, -0.25) is 0 Å². The number of carboxylic acids is 1. The second-order valence-electron chi connectivity index (χ2n) is 7.58. The first-order valence-corrected chi connectivity index (χ1v) is 10.00. The van der Waals surface area contributed by atoms with Crippen LogP contribution in [-0.4, -0.2) is 11.1 Å². The van der Waals surface area contributed by atoms with E-state index in [0.717, 1.165) is 18.4 Å². The molecule has 2 aromatic carbocycles. The van der Waals surface area contributed by atoms with Crippen molar-refractivity contribution >= 4 is 5.97 Å². The number of aromatic carboxylic acids is 1. The van der Waals surface area contributed by atoms with Crippen LogP contribution in [0.25, 0.3) is 0 Å². The second kappa shape index (κ2) is 8.86. The summed E-state index contributed by atoms with van der Waals surface area (Å²) in [5.74, 6) is -0.0154. The summed E-state index contributed by atoms with van der Waals surface area (Å²) >= 11 is 0. The number of fused-ring (bicyclic) bond motifs is 1. The third-order valence-electron chi connectivity index (χ3n) is 5.81. The Morgan fingerprint density at radius 3 is 2.59 bits per heavy atom. The summed E-state index contributed by atoms with van der Waals surface area (Å²) in [5, 5.41) is 18.4. The number of benzene rings is 2. The Morgan fingerprint density at radius 2 is 1.93 bits per heavy atom. The highest BCUT2D eigenvalue weighted by Gasteiger charge is 2.31. The Morgan fingerprint density at radius 1 is 1.15 bits per heavy atom. The molecule has 1 aliphatic rings. The van der Waals surface area contributed by atoms with Gasteiger partial charge in [-0.1, -0.05) is 50.8 Å². The van der Waals surface area contributed by atoms with Crippen LogP contribution in [-0.2, 0) is 6.42 Å². The van der Waals surface area contributed by atoms with Crippen LogP contribution in [0.4, 0.5) is 0 Å². The third kappa shape index (κ3) is 4.39. The minimum absolute atomic E-state index is 0.283. The van der Waals surface area contributed by atoms with Crippen molar-refractivity contribution in [1.82, 2.24) is 0 Å². The Labute approximate surface area is 161 Å². The maximum absolute atomic E-state index is 11.3. The number of rotatable bonds is 7. The van der Waals surface area contributed by atoms with E-state index in [1.54, 1.807) is 6.07 Å². The van der Waals surface area contributed by atoms with E-state index >= 15 is 0 Å². The molecule has 0 aliphatic heterocycles. The lowest BCUT2D eigenvalue weighted by Crippen LogP contribution is -2.22. The number of nitriles is 1. The number of hydrogen-bond donors (Lipinski definition) is 1. The largest absolute Gasteiger partial charge is 0.478 e. The lowest BCUT2D eigenvalue weighted by Gasteiger charge is -2.34. The standard InChI is InChI=1S/C24H27NO2/c1-2-3-4-5-6-18-11-12-20-15-21(24(26)27)13-14-22(20)23(18)19-9-7-17(16-25)8-10-19/h7-10,13-15,18,23H,2-6,11-12H2,1H3,(H,26,27). The molecule has 0 heterocycles. The first-order valence-electron chi connectivity index (χ1n) is 10.00. The molecule has 0 amide bonds. The summed E-state index contributed by atoms with van der Waals surface area (Å²) in [7, 11) is 0. The minimum atomic E-state index is -0.866. The van der Waals surface area contributed by atoms with Crippen molar-refractivity contribution in [3.8, 4) is 6.07 Å². The Balaban J connectivity index is 1.93. The van der Waals surface area contributed by atoms with E-state index in [2.05, 4.69) is 25.1 Å². The first-order chi connectivity index (χ1) is 13.1. The molecule has 27 heavy (non-hydrogen) atoms. The summed E-state index contributed by atoms with van der Waals surface area (Å²) < 4.78 is 0. The normalized spacial score (nSPS) is 18.5. The van der Waals surface area contributed by atoms with Gasteiger partial charge in [0.15, 0.2) is 0 Å². The van der Waals surface area contributed by atoms with Gasteiger partial charge in [-0.15, -0.1) is 0 Å². The molecule has 1 N–H and O–H groups in total. The fourth-order valence-corrected chi connectivity index (χ4v) is 4.38. The Kier molecular flexibility index (Phi) is 6.29. The van der Waals surface area contributed by atoms with Crippen LogP contribution < -0.4 is 0 Å². The van der Waals surface area contributed by atoms with Crippen molar-refractivity contribution in [3.05, 3.63) is 70.3 Å². The predicted molar refractivity (Wildman–Crippen MR) is 107 cm³/mol. The molecule has 0 bridgehead atoms. The van der Waals surface area contributed by atoms with E-state index in [0.29, 0.717) is 17.0 Å². The van der Waals surface area contributed by atoms with Crippen molar-refractivity contribution < 1.29 is 9.90 Å². The highest BCUT2D eigenvalue weighted by atomic mass is 16.4. The van der Waals surface area contributed by atoms with Crippen molar-refractivity contribution in [2.45, 2.75) is 57.8 Å². The van der Waals surface area contributed by atoms with Crippen molar-refractivity contribution in [2.75, 3.05) is 0 Å². The molecular formula is C24H27NO2. The van der Waals surface area contributed by atoms with Crippen LogP contribution in [0.2, 0.25) is 0 Å². The number of carboxylic acid groups (broad SMARTS) is 1. The van der Waals surface area contributed by atoms with E-state index in [1.165, 1.54) is 43.2 Å². The lowest BCUT2D eigenvalue weighted by molar-refractivity contribution is 0.0696. The zero-order valence-corrected chi connectivity index (χ0v) is 15.9. The van der Waals surface area contributed by atoms with Gasteiger partial charge in [0.05, 0.1) is 17.2 Å². The average Bonchev–Trinajstić information content (AvgIpc) is 2.70. The smallest absolute Gasteiger partial charge is 0.335 e. The molecule has 0 aromatic heterocycles. The van der Waals surface area contributed by atoms with Gasteiger partial charge in [-0.05, 0) is 66.1 Å². The van der Waals surface area contributed by atoms with E-state index in [1.807, 2.05) is 24.3 Å². The molecule has 3 heteroatoms. The lowest BCUT2D eigenvalue weighted by atomic mass is 9.70. The molecule has 2 atom stereocenters. The minimum Gasteiger partial charge on any atom is -0.478 e. The van der Waals surface area contributed by atoms with Crippen LogP contribution in [0.5, 0.6) is 0 Å². The summed E-state index contributed by atoms with van der Waals surface area (Å²) in [6.07, 6.45) is 8.28. The Hall–Kier alpha value is -2.60. The average molecular weight is 361 g/mol. The van der Waals surface area contributed by atoms with Crippen LogP contribution in [0, 0.1) is 17.2 Å². The number of hydrogen-bond acceptors (Lipinski definition) is 2. The van der Waals surface area contributed by atoms with Gasteiger partial charge in [-0.2, -0.15) is 5.26 Å². The van der Waals surface area contributed by atoms with Gasteiger partial charge in [0.1, 0.15) is 0 Å². The van der Waals surface area contributed by atoms with E-state index in [-0.39, 0.29) is 5.92 Å². The van der Waals surface area contributed by atoms with Crippen LogP contribution >= 0.6 is 0 Å². The van der Waals surface area contributed by atoms with Gasteiger partial charge in [0, 0.05) is 5.92 Å². The van der Waals surface area contributed by atoms with Crippen molar-refractivity contribution in [2.24, 2.45) is 5.92 Å². The summed E-state index contributed by atoms with van der Waals surface area (Å²) in [6.45, 7) is 2.23. The van der Waals surface area contributed by atoms with Gasteiger partial charge in [0.2, 0.25) is 0 Å². The van der Waals surface area contributed by atoms with Crippen LogP contribution in [0.15, 0.2) is 42.5 Å². The van der Waals surface area contributed by atoms with E-state index < -0.39 is 5.97 Å². The molecule has 3 rings (SSSR count). The number of unbranched alkanes of at least 4 members (excludes halogenated alkanes) is 3. The molecule has 0 radical (unpaired) electrons. The Bertz CT molecular complexity index is 832. The molecule has 0 saturated heterocycles. The molecule has 0 saturated carbocycles. The fourth-order valence-electron chi connectivity index (χ4n) is 4.38. The number of nitrogens with zero attached hydrogens (tertiary/aromatic N) is 1. The van der Waals surface area contributed by atoms with Gasteiger partial charge in [-0.25, -0.2) is 4.79 Å². The molecular weight excluding hydrogens is 334 g/mol. The number of carbonyl (C=O) groups is 1. The fraction of sp³-hybridized carbons (Fsp3) is 0.417. The highest BCUT2D eigenvalue weighted by molar-refractivity contribution is 5.88. The van der Waals surface area contributed by atoms with E-state index in [9.17, 15) is 9.90 Å². The SMILES string of the molecule is CCCCCCC1CCc2cc(C(=O)O)ccc2C1c1ccc(C#N)cc1. The molecule has 140 valence electrons. The summed E-state index contributed by atoms with van der Waals surface area (Å²) in [4.78, 5) is 11.3. The zero-order valence-electron chi connectivity index (χ0n) is 15.9. The van der Waals surface area contributed by atoms with Gasteiger partial charge < -0.3 is 5.11 Å². The second-order valence-corrected chi connectivity index (χ2v) is 7.58. The first kappa shape index (κ1) is 19.2.